The van der Waals surface area contributed by atoms with Gasteiger partial charge in [-0.15, -0.1) is 0 Å². The molecule has 0 atom stereocenters. The summed E-state index contributed by atoms with van der Waals surface area (Å²) in [5, 5.41) is 0.492. The van der Waals surface area contributed by atoms with Crippen LogP contribution in [0.5, 0.6) is 0 Å². The van der Waals surface area contributed by atoms with Crippen molar-refractivity contribution in [1.82, 2.24) is 19.5 Å². The smallest absolute Gasteiger partial charge is 0.260 e. The second-order valence-electron chi connectivity index (χ2n) is 4.63. The van der Waals surface area contributed by atoms with Gasteiger partial charge in [-0.1, -0.05) is 6.92 Å². The summed E-state index contributed by atoms with van der Waals surface area (Å²) in [6.45, 7) is 2.08. The number of anilines is 1. The van der Waals surface area contributed by atoms with Crippen molar-refractivity contribution in [2.45, 2.75) is 19.8 Å². The predicted molar refractivity (Wildman–Crippen MR) is 77.9 cm³/mol. The summed E-state index contributed by atoms with van der Waals surface area (Å²) < 4.78 is 1.81. The SMILES string of the molecule is CCCc1nccn1-c1nc2ccc(N)cc2c(=O)[nH]1. The zero-order valence-electron chi connectivity index (χ0n) is 11.1. The molecule has 3 rings (SSSR count). The van der Waals surface area contributed by atoms with Gasteiger partial charge >= 0.3 is 0 Å². The second kappa shape index (κ2) is 4.80. The number of benzene rings is 1. The Morgan fingerprint density at radius 2 is 2.25 bits per heavy atom. The average Bonchev–Trinajstić information content (AvgIpc) is 2.88. The highest BCUT2D eigenvalue weighted by Gasteiger charge is 2.09. The van der Waals surface area contributed by atoms with Crippen LogP contribution in [0.15, 0.2) is 35.4 Å². The van der Waals surface area contributed by atoms with Gasteiger partial charge in [0.1, 0.15) is 5.82 Å². The van der Waals surface area contributed by atoms with Gasteiger partial charge in [-0.05, 0) is 24.6 Å². The summed E-state index contributed by atoms with van der Waals surface area (Å²) in [6, 6.07) is 5.12. The molecule has 2 heterocycles. The molecule has 0 aliphatic rings. The molecule has 20 heavy (non-hydrogen) atoms. The van der Waals surface area contributed by atoms with Gasteiger partial charge in [0.2, 0.25) is 5.95 Å². The molecule has 1 aromatic carbocycles. The molecule has 0 spiro atoms. The first-order valence-electron chi connectivity index (χ1n) is 6.51. The third-order valence-electron chi connectivity index (χ3n) is 3.14. The van der Waals surface area contributed by atoms with Crippen LogP contribution in [-0.4, -0.2) is 19.5 Å². The highest BCUT2D eigenvalue weighted by molar-refractivity contribution is 5.81. The molecule has 6 heteroatoms. The maximum atomic E-state index is 12.1. The van der Waals surface area contributed by atoms with E-state index in [1.54, 1.807) is 35.2 Å². The van der Waals surface area contributed by atoms with E-state index in [1.165, 1.54) is 0 Å². The number of nitrogens with two attached hydrogens (primary N) is 1. The Bertz CT molecular complexity index is 818. The number of nitrogens with one attached hydrogen (secondary N) is 1. The summed E-state index contributed by atoms with van der Waals surface area (Å²) in [5.41, 5.74) is 6.66. The molecular weight excluding hydrogens is 254 g/mol. The molecule has 0 saturated carbocycles. The van der Waals surface area contributed by atoms with Crippen LogP contribution in [0.2, 0.25) is 0 Å². The lowest BCUT2D eigenvalue weighted by Crippen LogP contribution is -2.14. The topological polar surface area (TPSA) is 89.6 Å². The third-order valence-corrected chi connectivity index (χ3v) is 3.14. The van der Waals surface area contributed by atoms with E-state index < -0.39 is 0 Å². The molecule has 2 aromatic heterocycles. The summed E-state index contributed by atoms with van der Waals surface area (Å²) in [7, 11) is 0. The van der Waals surface area contributed by atoms with Gasteiger partial charge in [0.15, 0.2) is 0 Å². The van der Waals surface area contributed by atoms with Crippen molar-refractivity contribution < 1.29 is 0 Å². The Morgan fingerprint density at radius 1 is 1.40 bits per heavy atom. The lowest BCUT2D eigenvalue weighted by atomic mass is 10.2. The van der Waals surface area contributed by atoms with Crippen molar-refractivity contribution >= 4 is 16.6 Å². The third kappa shape index (κ3) is 2.05. The van der Waals surface area contributed by atoms with E-state index >= 15 is 0 Å². The molecule has 0 amide bonds. The van der Waals surface area contributed by atoms with Crippen molar-refractivity contribution in [2.24, 2.45) is 0 Å². The van der Waals surface area contributed by atoms with Crippen molar-refractivity contribution in [3.63, 3.8) is 0 Å². The fourth-order valence-electron chi connectivity index (χ4n) is 2.19. The van der Waals surface area contributed by atoms with E-state index in [9.17, 15) is 4.79 Å². The fourth-order valence-corrected chi connectivity index (χ4v) is 2.19. The number of hydrogen-bond acceptors (Lipinski definition) is 4. The lowest BCUT2D eigenvalue weighted by molar-refractivity contribution is 0.783. The number of nitrogens with zero attached hydrogens (tertiary/aromatic N) is 3. The van der Waals surface area contributed by atoms with Gasteiger partial charge < -0.3 is 5.73 Å². The maximum absolute atomic E-state index is 12.1. The summed E-state index contributed by atoms with van der Waals surface area (Å²) in [5.74, 6) is 1.36. The zero-order chi connectivity index (χ0) is 14.1. The van der Waals surface area contributed by atoms with Crippen molar-refractivity contribution in [3.8, 4) is 5.95 Å². The summed E-state index contributed by atoms with van der Waals surface area (Å²) >= 11 is 0. The van der Waals surface area contributed by atoms with Gasteiger partial charge in [-0.25, -0.2) is 9.97 Å². The number of rotatable bonds is 3. The molecule has 0 unspecified atom stereocenters. The minimum Gasteiger partial charge on any atom is -0.399 e. The first-order valence-corrected chi connectivity index (χ1v) is 6.51. The number of aryl methyl sites for hydroxylation is 1. The number of fused-ring (bicyclic) bond motifs is 1. The number of hydrogen-bond donors (Lipinski definition) is 2. The van der Waals surface area contributed by atoms with Crippen LogP contribution in [0.25, 0.3) is 16.9 Å². The quantitative estimate of drug-likeness (QED) is 0.707. The molecule has 3 N–H and O–H groups in total. The molecule has 0 saturated heterocycles. The Hall–Kier alpha value is -2.63. The highest BCUT2D eigenvalue weighted by atomic mass is 16.1. The summed E-state index contributed by atoms with van der Waals surface area (Å²) in [4.78, 5) is 23.7. The number of aromatic amines is 1. The Balaban J connectivity index is 2.20. The van der Waals surface area contributed by atoms with Gasteiger partial charge in [-0.3, -0.25) is 14.3 Å². The number of imidazole rings is 1. The van der Waals surface area contributed by atoms with Gasteiger partial charge in [0.05, 0.1) is 10.9 Å². The number of nitrogen functional groups attached to an aromatic ring is 1. The molecule has 0 aliphatic heterocycles. The van der Waals surface area contributed by atoms with E-state index in [2.05, 4.69) is 21.9 Å². The van der Waals surface area contributed by atoms with E-state index in [4.69, 9.17) is 5.73 Å². The lowest BCUT2D eigenvalue weighted by Gasteiger charge is -2.07. The first kappa shape index (κ1) is 12.4. The van der Waals surface area contributed by atoms with Crippen LogP contribution < -0.4 is 11.3 Å². The van der Waals surface area contributed by atoms with Gasteiger partial charge in [0, 0.05) is 24.5 Å². The van der Waals surface area contributed by atoms with E-state index in [0.717, 1.165) is 18.7 Å². The number of aromatic nitrogens is 4. The molecule has 0 fully saturated rings. The van der Waals surface area contributed by atoms with Crippen LogP contribution in [-0.2, 0) is 6.42 Å². The molecular formula is C14H15N5O. The molecule has 102 valence electrons. The molecule has 0 radical (unpaired) electrons. The van der Waals surface area contributed by atoms with Gasteiger partial charge in [0.25, 0.3) is 5.56 Å². The first-order chi connectivity index (χ1) is 9.69. The van der Waals surface area contributed by atoms with E-state index in [1.807, 2.05) is 0 Å². The monoisotopic (exact) mass is 269 g/mol. The van der Waals surface area contributed by atoms with Crippen molar-refractivity contribution in [1.29, 1.82) is 0 Å². The predicted octanol–water partition coefficient (Wildman–Crippen LogP) is 1.64. The Kier molecular flexibility index (Phi) is 2.98. The minimum atomic E-state index is -0.201. The highest BCUT2D eigenvalue weighted by Crippen LogP contribution is 2.14. The Labute approximate surface area is 115 Å². The maximum Gasteiger partial charge on any atom is 0.260 e. The standard InChI is InChI=1S/C14H15N5O/c1-2-3-12-16-6-7-19(12)14-17-11-5-4-9(15)8-10(11)13(20)18-14/h4-8H,2-3,15H2,1H3,(H,17,18,20). The molecule has 6 nitrogen and oxygen atoms in total. The summed E-state index contributed by atoms with van der Waals surface area (Å²) in [6.07, 6.45) is 5.31. The van der Waals surface area contributed by atoms with Crippen LogP contribution in [0.1, 0.15) is 19.2 Å². The minimum absolute atomic E-state index is 0.201. The molecule has 0 bridgehead atoms. The normalized spacial score (nSPS) is 11.1. The van der Waals surface area contributed by atoms with Crippen LogP contribution in [0, 0.1) is 0 Å². The molecule has 0 aliphatic carbocycles. The molecule has 3 aromatic rings. The van der Waals surface area contributed by atoms with E-state index in [-0.39, 0.29) is 5.56 Å². The Morgan fingerprint density at radius 3 is 3.05 bits per heavy atom. The largest absolute Gasteiger partial charge is 0.399 e. The van der Waals surface area contributed by atoms with Crippen LogP contribution in [0.3, 0.4) is 0 Å². The van der Waals surface area contributed by atoms with Crippen molar-refractivity contribution in [3.05, 3.63) is 46.8 Å². The van der Waals surface area contributed by atoms with Crippen LogP contribution in [0.4, 0.5) is 5.69 Å². The fraction of sp³-hybridized carbons (Fsp3) is 0.214. The van der Waals surface area contributed by atoms with E-state index in [0.29, 0.717) is 22.5 Å². The zero-order valence-corrected chi connectivity index (χ0v) is 11.1. The van der Waals surface area contributed by atoms with Gasteiger partial charge in [-0.2, -0.15) is 0 Å². The second-order valence-corrected chi connectivity index (χ2v) is 4.63. The average molecular weight is 269 g/mol. The van der Waals surface area contributed by atoms with Crippen LogP contribution >= 0.6 is 0 Å². The van der Waals surface area contributed by atoms with Crippen molar-refractivity contribution in [2.75, 3.05) is 5.73 Å². The number of H-pyrrole nitrogens is 1.